The summed E-state index contributed by atoms with van der Waals surface area (Å²) in [4.78, 5) is 7.90. The molecule has 0 aliphatic carbocycles. The molecule has 1 aromatic heterocycles. The van der Waals surface area contributed by atoms with Crippen LogP contribution in [0.3, 0.4) is 0 Å². The van der Waals surface area contributed by atoms with Gasteiger partial charge in [-0.25, -0.2) is 4.98 Å². The van der Waals surface area contributed by atoms with Crippen molar-refractivity contribution in [2.45, 2.75) is 26.4 Å². The summed E-state index contributed by atoms with van der Waals surface area (Å²) < 4.78 is 0. The highest BCUT2D eigenvalue weighted by Crippen LogP contribution is 2.10. The predicted octanol–water partition coefficient (Wildman–Crippen LogP) is 0.550. The summed E-state index contributed by atoms with van der Waals surface area (Å²) in [6.45, 7) is 4.34. The number of aromatic nitrogens is 2. The summed E-state index contributed by atoms with van der Waals surface area (Å²) in [5, 5.41) is 12.2. The molecule has 0 fully saturated rings. The molecule has 1 aromatic rings. The van der Waals surface area contributed by atoms with Gasteiger partial charge in [-0.1, -0.05) is 0 Å². The Kier molecular flexibility index (Phi) is 3.64. The van der Waals surface area contributed by atoms with Gasteiger partial charge in [-0.05, 0) is 20.3 Å². The van der Waals surface area contributed by atoms with Crippen molar-refractivity contribution >= 4 is 11.8 Å². The molecular weight excluding hydrogens is 180 g/mol. The van der Waals surface area contributed by atoms with Crippen LogP contribution in [0.25, 0.3) is 0 Å². The van der Waals surface area contributed by atoms with Gasteiger partial charge in [0.1, 0.15) is 5.82 Å². The van der Waals surface area contributed by atoms with E-state index >= 15 is 0 Å². The zero-order valence-electron chi connectivity index (χ0n) is 8.49. The lowest BCUT2D eigenvalue weighted by Gasteiger charge is -2.09. The van der Waals surface area contributed by atoms with Crippen molar-refractivity contribution in [3.8, 4) is 0 Å². The Balaban J connectivity index is 2.53. The van der Waals surface area contributed by atoms with Crippen molar-refractivity contribution in [2.75, 3.05) is 17.6 Å². The largest absolute Gasteiger partial charge is 0.393 e. The lowest BCUT2D eigenvalue weighted by molar-refractivity contribution is 0.188. The first kappa shape index (κ1) is 10.7. The van der Waals surface area contributed by atoms with Crippen LogP contribution in [0.15, 0.2) is 6.20 Å². The summed E-state index contributed by atoms with van der Waals surface area (Å²) in [6, 6.07) is 0. The molecule has 0 aromatic carbocycles. The smallest absolute Gasteiger partial charge is 0.221 e. The number of anilines is 2. The Morgan fingerprint density at radius 1 is 1.64 bits per heavy atom. The van der Waals surface area contributed by atoms with E-state index in [4.69, 9.17) is 10.8 Å². The van der Waals surface area contributed by atoms with Gasteiger partial charge in [0.15, 0.2) is 0 Å². The highest BCUT2D eigenvalue weighted by molar-refractivity contribution is 5.44. The normalized spacial score (nSPS) is 12.5. The Hall–Kier alpha value is -1.36. The molecule has 0 aliphatic heterocycles. The van der Waals surface area contributed by atoms with Crippen molar-refractivity contribution in [2.24, 2.45) is 0 Å². The van der Waals surface area contributed by atoms with Crippen LogP contribution in [0.5, 0.6) is 0 Å². The van der Waals surface area contributed by atoms with E-state index in [9.17, 15) is 0 Å². The number of aliphatic hydroxyl groups excluding tert-OH is 1. The molecule has 1 heterocycles. The third-order valence-corrected chi connectivity index (χ3v) is 1.84. The van der Waals surface area contributed by atoms with E-state index in [2.05, 4.69) is 15.3 Å². The third-order valence-electron chi connectivity index (χ3n) is 1.84. The molecule has 0 bridgehead atoms. The lowest BCUT2D eigenvalue weighted by atomic mass is 10.3. The molecule has 5 heteroatoms. The highest BCUT2D eigenvalue weighted by Gasteiger charge is 2.01. The second-order valence-corrected chi connectivity index (χ2v) is 3.32. The number of aliphatic hydroxyl groups is 1. The van der Waals surface area contributed by atoms with Gasteiger partial charge in [0.2, 0.25) is 5.95 Å². The fraction of sp³-hybridized carbons (Fsp3) is 0.556. The SMILES string of the molecule is Cc1cnc(N)nc1NCCC(C)O. The number of nitrogens with zero attached hydrogens (tertiary/aromatic N) is 2. The molecular formula is C9H16N4O. The van der Waals surface area contributed by atoms with Crippen LogP contribution in [0.1, 0.15) is 18.9 Å². The van der Waals surface area contributed by atoms with E-state index in [1.165, 1.54) is 0 Å². The standard InChI is InChI=1S/C9H16N4O/c1-6-5-12-9(10)13-8(6)11-4-3-7(2)14/h5,7,14H,3-4H2,1-2H3,(H3,10,11,12,13). The van der Waals surface area contributed by atoms with Gasteiger partial charge in [0.25, 0.3) is 0 Å². The number of hydrogen-bond acceptors (Lipinski definition) is 5. The summed E-state index contributed by atoms with van der Waals surface area (Å²) in [7, 11) is 0. The van der Waals surface area contributed by atoms with Crippen LogP contribution < -0.4 is 11.1 Å². The monoisotopic (exact) mass is 196 g/mol. The van der Waals surface area contributed by atoms with Crippen LogP contribution in [-0.2, 0) is 0 Å². The predicted molar refractivity (Wildman–Crippen MR) is 56.0 cm³/mol. The van der Waals surface area contributed by atoms with E-state index in [0.717, 1.165) is 11.4 Å². The van der Waals surface area contributed by atoms with Gasteiger partial charge >= 0.3 is 0 Å². The Bertz CT molecular complexity index is 301. The molecule has 0 spiro atoms. The van der Waals surface area contributed by atoms with Crippen LogP contribution in [0.4, 0.5) is 11.8 Å². The van der Waals surface area contributed by atoms with Crippen molar-refractivity contribution < 1.29 is 5.11 Å². The van der Waals surface area contributed by atoms with E-state index in [1.807, 2.05) is 6.92 Å². The van der Waals surface area contributed by atoms with Crippen molar-refractivity contribution in [3.63, 3.8) is 0 Å². The number of nitrogens with one attached hydrogen (secondary N) is 1. The maximum Gasteiger partial charge on any atom is 0.221 e. The van der Waals surface area contributed by atoms with E-state index in [0.29, 0.717) is 13.0 Å². The van der Waals surface area contributed by atoms with E-state index in [1.54, 1.807) is 13.1 Å². The molecule has 78 valence electrons. The number of rotatable bonds is 4. The number of hydrogen-bond donors (Lipinski definition) is 3. The van der Waals surface area contributed by atoms with Gasteiger partial charge in [-0.15, -0.1) is 0 Å². The summed E-state index contributed by atoms with van der Waals surface area (Å²) >= 11 is 0. The quantitative estimate of drug-likeness (QED) is 0.655. The van der Waals surface area contributed by atoms with E-state index in [-0.39, 0.29) is 12.1 Å². The lowest BCUT2D eigenvalue weighted by Crippen LogP contribution is -2.12. The molecule has 1 atom stereocenters. The molecule has 1 unspecified atom stereocenters. The molecule has 0 amide bonds. The fourth-order valence-electron chi connectivity index (χ4n) is 1.03. The number of nitrogens with two attached hydrogens (primary N) is 1. The summed E-state index contributed by atoms with van der Waals surface area (Å²) in [6.07, 6.45) is 2.05. The molecule has 0 aliphatic rings. The second kappa shape index (κ2) is 4.76. The third kappa shape index (κ3) is 3.18. The summed E-state index contributed by atoms with van der Waals surface area (Å²) in [5.74, 6) is 0.994. The van der Waals surface area contributed by atoms with Gasteiger partial charge < -0.3 is 16.2 Å². The second-order valence-electron chi connectivity index (χ2n) is 3.32. The van der Waals surface area contributed by atoms with Crippen LogP contribution in [0, 0.1) is 6.92 Å². The van der Waals surface area contributed by atoms with Crippen LogP contribution in [0.2, 0.25) is 0 Å². The minimum Gasteiger partial charge on any atom is -0.393 e. The van der Waals surface area contributed by atoms with Crippen molar-refractivity contribution in [3.05, 3.63) is 11.8 Å². The molecule has 5 nitrogen and oxygen atoms in total. The first-order valence-corrected chi connectivity index (χ1v) is 4.60. The average molecular weight is 196 g/mol. The zero-order chi connectivity index (χ0) is 10.6. The topological polar surface area (TPSA) is 84.1 Å². The first-order valence-electron chi connectivity index (χ1n) is 4.60. The minimum absolute atomic E-state index is 0.259. The van der Waals surface area contributed by atoms with Crippen LogP contribution >= 0.6 is 0 Å². The zero-order valence-corrected chi connectivity index (χ0v) is 8.49. The molecule has 14 heavy (non-hydrogen) atoms. The maximum atomic E-state index is 9.06. The van der Waals surface area contributed by atoms with Gasteiger partial charge in [0, 0.05) is 18.3 Å². The Morgan fingerprint density at radius 3 is 3.00 bits per heavy atom. The van der Waals surface area contributed by atoms with Gasteiger partial charge in [-0.3, -0.25) is 0 Å². The minimum atomic E-state index is -0.304. The van der Waals surface area contributed by atoms with Crippen LogP contribution in [-0.4, -0.2) is 27.7 Å². The van der Waals surface area contributed by atoms with Gasteiger partial charge in [0.05, 0.1) is 6.10 Å². The summed E-state index contributed by atoms with van der Waals surface area (Å²) in [5.41, 5.74) is 6.40. The molecule has 0 radical (unpaired) electrons. The Morgan fingerprint density at radius 2 is 2.36 bits per heavy atom. The molecule has 4 N–H and O–H groups in total. The molecule has 0 saturated heterocycles. The Labute approximate surface area is 83.4 Å². The number of aryl methyl sites for hydroxylation is 1. The van der Waals surface area contributed by atoms with Crippen molar-refractivity contribution in [1.82, 2.24) is 9.97 Å². The molecule has 0 saturated carbocycles. The van der Waals surface area contributed by atoms with Crippen molar-refractivity contribution in [1.29, 1.82) is 0 Å². The molecule has 1 rings (SSSR count). The van der Waals surface area contributed by atoms with E-state index < -0.39 is 0 Å². The average Bonchev–Trinajstić information content (AvgIpc) is 2.10. The highest BCUT2D eigenvalue weighted by atomic mass is 16.3. The maximum absolute atomic E-state index is 9.06. The first-order chi connectivity index (χ1) is 6.59. The van der Waals surface area contributed by atoms with Gasteiger partial charge in [-0.2, -0.15) is 4.98 Å². The fourth-order valence-corrected chi connectivity index (χ4v) is 1.03. The number of nitrogen functional groups attached to an aromatic ring is 1.